The highest BCUT2D eigenvalue weighted by Crippen LogP contribution is 2.69. The third-order valence-corrected chi connectivity index (χ3v) is 13.1. The first-order chi connectivity index (χ1) is 26.8. The van der Waals surface area contributed by atoms with E-state index in [9.17, 15) is 53.0 Å². The van der Waals surface area contributed by atoms with E-state index in [0.717, 1.165) is 11.1 Å². The van der Waals surface area contributed by atoms with E-state index >= 15 is 0 Å². The number of ether oxygens (including phenoxy) is 1. The Kier molecular flexibility index (Phi) is 16.1. The predicted octanol–water partition coefficient (Wildman–Crippen LogP) is 4.13. The van der Waals surface area contributed by atoms with Gasteiger partial charge in [-0.25, -0.2) is 4.79 Å². The van der Waals surface area contributed by atoms with Gasteiger partial charge in [-0.1, -0.05) is 56.3 Å². The monoisotopic (exact) mass is 831 g/mol. The van der Waals surface area contributed by atoms with Crippen LogP contribution in [0.1, 0.15) is 73.1 Å². The van der Waals surface area contributed by atoms with E-state index in [4.69, 9.17) is 14.0 Å². The van der Waals surface area contributed by atoms with Crippen LogP contribution in [0.3, 0.4) is 0 Å². The summed E-state index contributed by atoms with van der Waals surface area (Å²) in [6.45, 7) is 3.90. The summed E-state index contributed by atoms with van der Waals surface area (Å²) in [7, 11) is -11.0. The minimum atomic E-state index is -5.79. The number of rotatable bonds is 19. The fraction of sp³-hybridized carbons (Fsp3) is 0.432. The van der Waals surface area contributed by atoms with Crippen molar-refractivity contribution in [2.24, 2.45) is 11.8 Å². The first-order valence-corrected chi connectivity index (χ1v) is 21.4. The van der Waals surface area contributed by atoms with E-state index in [1.165, 1.54) is 18.1 Å². The van der Waals surface area contributed by atoms with Crippen LogP contribution in [0.25, 0.3) is 0 Å². The molecular weight excluding hydrogens is 783 g/mol. The number of fused-ring (bicyclic) bond motifs is 1. The Hall–Kier alpha value is -4.09. The van der Waals surface area contributed by atoms with Gasteiger partial charge < -0.3 is 44.0 Å². The quantitative estimate of drug-likeness (QED) is 0.0430. The minimum absolute atomic E-state index is 0.0516. The molecule has 0 radical (unpaired) electrons. The molecule has 0 fully saturated rings. The number of aromatic nitrogens is 1. The van der Waals surface area contributed by atoms with Crippen molar-refractivity contribution in [1.82, 2.24) is 10.3 Å². The van der Waals surface area contributed by atoms with Gasteiger partial charge in [0.2, 0.25) is 5.91 Å². The van der Waals surface area contributed by atoms with E-state index in [0.29, 0.717) is 24.1 Å². The molecule has 4 rings (SSSR count). The lowest BCUT2D eigenvalue weighted by atomic mass is 9.73. The Labute approximate surface area is 330 Å². The minimum Gasteiger partial charge on any atom is -0.449 e. The zero-order valence-electron chi connectivity index (χ0n) is 31.8. The standard InChI is InChI=1S/C37H48BN3O14P2/c1-25(2)18-34(40-35(44)28(19-26-10-5-4-6-11-26)21-33(43)32-13-7-8-16-39-32)38-54-23-27-14-15-30(20-29(27)24-55-38)41(3)36(45)53-17-9-12-31(42)22-37(46,56(47,48)49)57(50,51)52/h4-8,10-11,13-16,20,25,28,34,46H,9,12,17-19,21-24H2,1-3H3,(H,40,44)(H2,47,48,49)(H2,50,51,52)/t28-,34+/m1/s1. The number of nitrogens with zero attached hydrogens (tertiary/aromatic N) is 2. The fourth-order valence-electron chi connectivity index (χ4n) is 6.14. The summed E-state index contributed by atoms with van der Waals surface area (Å²) in [5, 5.41) is 9.21. The maximum atomic E-state index is 14.0. The largest absolute Gasteiger partial charge is 0.481 e. The van der Waals surface area contributed by atoms with Crippen LogP contribution in [0.5, 0.6) is 0 Å². The van der Waals surface area contributed by atoms with Crippen molar-refractivity contribution in [3.8, 4) is 0 Å². The fourth-order valence-corrected chi connectivity index (χ4v) is 8.26. The Morgan fingerprint density at radius 2 is 1.60 bits per heavy atom. The molecule has 1 aromatic heterocycles. The van der Waals surface area contributed by atoms with Crippen LogP contribution < -0.4 is 10.2 Å². The molecule has 6 N–H and O–H groups in total. The number of pyridine rings is 1. The first-order valence-electron chi connectivity index (χ1n) is 18.2. The van der Waals surface area contributed by atoms with Gasteiger partial charge >= 0.3 is 28.4 Å². The molecule has 57 heavy (non-hydrogen) atoms. The number of ketones is 2. The molecule has 1 aliphatic heterocycles. The maximum absolute atomic E-state index is 14.0. The molecule has 3 aromatic rings. The summed E-state index contributed by atoms with van der Waals surface area (Å²) in [4.78, 5) is 94.5. The molecule has 2 amide bonds. The summed E-state index contributed by atoms with van der Waals surface area (Å²) in [6.07, 6.45) is -0.629. The second kappa shape index (κ2) is 20.1. The van der Waals surface area contributed by atoms with Gasteiger partial charge in [0.15, 0.2) is 5.78 Å². The van der Waals surface area contributed by atoms with Crippen molar-refractivity contribution in [3.05, 3.63) is 95.3 Å². The van der Waals surface area contributed by atoms with Gasteiger partial charge in [-0.15, -0.1) is 0 Å². The average Bonchev–Trinajstić information content (AvgIpc) is 3.37. The lowest BCUT2D eigenvalue weighted by Crippen LogP contribution is -2.51. The number of hydrogen-bond acceptors (Lipinski definition) is 11. The Morgan fingerprint density at radius 1 is 0.947 bits per heavy atom. The number of aliphatic hydroxyl groups is 1. The summed E-state index contributed by atoms with van der Waals surface area (Å²) in [5.41, 5.74) is 3.10. The van der Waals surface area contributed by atoms with E-state index < -0.39 is 64.0 Å². The van der Waals surface area contributed by atoms with Crippen molar-refractivity contribution in [1.29, 1.82) is 0 Å². The van der Waals surface area contributed by atoms with Gasteiger partial charge in [0.05, 0.1) is 32.2 Å². The molecular formula is C37H48BN3O14P2. The summed E-state index contributed by atoms with van der Waals surface area (Å²) >= 11 is 0. The molecule has 308 valence electrons. The molecule has 0 unspecified atom stereocenters. The predicted molar refractivity (Wildman–Crippen MR) is 208 cm³/mol. The molecule has 2 atom stereocenters. The number of carbonyl (C=O) groups is 4. The Bertz CT molecular complexity index is 1940. The van der Waals surface area contributed by atoms with Crippen LogP contribution in [-0.2, 0) is 52.4 Å². The molecule has 20 heteroatoms. The molecule has 2 aromatic carbocycles. The smallest absolute Gasteiger partial charge is 0.449 e. The highest BCUT2D eigenvalue weighted by molar-refractivity contribution is 7.72. The molecule has 0 saturated heterocycles. The average molecular weight is 832 g/mol. The summed E-state index contributed by atoms with van der Waals surface area (Å²) < 4.78 is 40.7. The second-order valence-electron chi connectivity index (χ2n) is 14.3. The van der Waals surface area contributed by atoms with Crippen LogP contribution in [-0.4, -0.2) is 85.0 Å². The zero-order chi connectivity index (χ0) is 42.0. The zero-order valence-corrected chi connectivity index (χ0v) is 33.6. The highest BCUT2D eigenvalue weighted by atomic mass is 31.2. The van der Waals surface area contributed by atoms with Gasteiger partial charge in [0.25, 0.3) is 5.08 Å². The number of carbonyl (C=O) groups excluding carboxylic acids is 4. The van der Waals surface area contributed by atoms with Crippen LogP contribution in [0.2, 0.25) is 0 Å². The number of hydrogen-bond donors (Lipinski definition) is 6. The van der Waals surface area contributed by atoms with Gasteiger partial charge in [0, 0.05) is 37.7 Å². The third kappa shape index (κ3) is 12.7. The van der Waals surface area contributed by atoms with Crippen LogP contribution >= 0.6 is 15.2 Å². The van der Waals surface area contributed by atoms with Crippen molar-refractivity contribution >= 4 is 51.6 Å². The van der Waals surface area contributed by atoms with Crippen LogP contribution in [0, 0.1) is 11.8 Å². The SMILES string of the molecule is CC(C)C[C@H](NC(=O)[C@@H](CC(=O)c1ccccn1)Cc1ccccc1)B1OCc2ccc(N(C)C(=O)OCCCC(=O)CC(O)(P(=O)(O)O)P(=O)(O)O)cc2CO1. The van der Waals surface area contributed by atoms with Gasteiger partial charge in [-0.3, -0.25) is 33.4 Å². The van der Waals surface area contributed by atoms with Crippen molar-refractivity contribution in [2.75, 3.05) is 18.6 Å². The molecule has 0 spiro atoms. The number of amides is 2. The lowest BCUT2D eigenvalue weighted by molar-refractivity contribution is -0.125. The van der Waals surface area contributed by atoms with Crippen molar-refractivity contribution in [3.63, 3.8) is 0 Å². The van der Waals surface area contributed by atoms with E-state index in [2.05, 4.69) is 10.3 Å². The first kappa shape index (κ1) is 45.6. The summed E-state index contributed by atoms with van der Waals surface area (Å²) in [5.74, 6) is -2.75. The Morgan fingerprint density at radius 3 is 2.21 bits per heavy atom. The molecule has 0 saturated carbocycles. The highest BCUT2D eigenvalue weighted by Gasteiger charge is 2.60. The lowest BCUT2D eigenvalue weighted by Gasteiger charge is -2.28. The number of benzene rings is 2. The summed E-state index contributed by atoms with van der Waals surface area (Å²) in [6, 6.07) is 19.6. The molecule has 2 heterocycles. The molecule has 1 aliphatic rings. The van der Waals surface area contributed by atoms with E-state index in [1.54, 1.807) is 36.4 Å². The third-order valence-electron chi connectivity index (χ3n) is 9.31. The molecule has 17 nitrogen and oxygen atoms in total. The molecule has 0 bridgehead atoms. The number of anilines is 1. The van der Waals surface area contributed by atoms with Gasteiger partial charge in [0.1, 0.15) is 11.5 Å². The topological polar surface area (TPSA) is 259 Å². The van der Waals surface area contributed by atoms with Gasteiger partial charge in [-0.05, 0) is 66.1 Å². The molecule has 0 aliphatic carbocycles. The number of nitrogens with one attached hydrogen (secondary N) is 1. The maximum Gasteiger partial charge on any atom is 0.481 e. The van der Waals surface area contributed by atoms with Crippen LogP contribution in [0.15, 0.2) is 72.9 Å². The van der Waals surface area contributed by atoms with Gasteiger partial charge in [-0.2, -0.15) is 0 Å². The second-order valence-corrected chi connectivity index (χ2v) is 18.3. The van der Waals surface area contributed by atoms with Crippen molar-refractivity contribution in [2.45, 2.75) is 76.6 Å². The van der Waals surface area contributed by atoms with E-state index in [1.807, 2.05) is 44.2 Å². The van der Waals surface area contributed by atoms with Crippen LogP contribution in [0.4, 0.5) is 10.5 Å². The Balaban J connectivity index is 1.37. The number of Topliss-reactive ketones (excluding diaryl/α,β-unsaturated/α-hetero) is 2. The van der Waals surface area contributed by atoms with Crippen molar-refractivity contribution < 1.29 is 67.0 Å². The van der Waals surface area contributed by atoms with E-state index in [-0.39, 0.29) is 56.0 Å². The normalized spacial score (nSPS) is 14.6.